The van der Waals surface area contributed by atoms with Crippen LogP contribution in [0, 0.1) is 12.7 Å². The van der Waals surface area contributed by atoms with Gasteiger partial charge in [0.05, 0.1) is 42.0 Å². The van der Waals surface area contributed by atoms with Crippen LogP contribution in [0.2, 0.25) is 0 Å². The number of benzene rings is 1. The third-order valence-corrected chi connectivity index (χ3v) is 6.47. The number of nitrogens with one attached hydrogen (secondary N) is 2. The second-order valence-electron chi connectivity index (χ2n) is 9.07. The van der Waals surface area contributed by atoms with Crippen LogP contribution in [0.15, 0.2) is 42.7 Å². The lowest BCUT2D eigenvalue weighted by Gasteiger charge is -2.21. The van der Waals surface area contributed by atoms with Crippen molar-refractivity contribution < 1.29 is 27.4 Å². The van der Waals surface area contributed by atoms with Crippen molar-refractivity contribution in [2.75, 3.05) is 18.5 Å². The zero-order chi connectivity index (χ0) is 26.0. The molecule has 0 bridgehead atoms. The second-order valence-corrected chi connectivity index (χ2v) is 9.07. The van der Waals surface area contributed by atoms with E-state index in [4.69, 9.17) is 9.47 Å². The molecule has 11 heteroatoms. The molecule has 2 aromatic heterocycles. The van der Waals surface area contributed by atoms with Gasteiger partial charge in [-0.05, 0) is 37.5 Å². The summed E-state index contributed by atoms with van der Waals surface area (Å²) in [5, 5.41) is 6.14. The van der Waals surface area contributed by atoms with Gasteiger partial charge >= 0.3 is 0 Å². The number of anilines is 1. The van der Waals surface area contributed by atoms with Crippen LogP contribution in [0.4, 0.5) is 19.0 Å². The Labute approximate surface area is 211 Å². The van der Waals surface area contributed by atoms with E-state index < -0.39 is 29.6 Å². The maximum absolute atomic E-state index is 14.6. The van der Waals surface area contributed by atoms with Gasteiger partial charge in [0.25, 0.3) is 6.43 Å². The highest BCUT2D eigenvalue weighted by atomic mass is 19.3. The highest BCUT2D eigenvalue weighted by Gasteiger charge is 2.45. The molecule has 1 amide bonds. The van der Waals surface area contributed by atoms with E-state index in [1.807, 2.05) is 12.1 Å². The highest BCUT2D eigenvalue weighted by molar-refractivity contribution is 5.80. The molecule has 2 aliphatic rings. The van der Waals surface area contributed by atoms with Crippen LogP contribution in [0.3, 0.4) is 0 Å². The Morgan fingerprint density at radius 1 is 1.14 bits per heavy atom. The lowest BCUT2D eigenvalue weighted by Crippen LogP contribution is -2.36. The minimum absolute atomic E-state index is 0.0561. The lowest BCUT2D eigenvalue weighted by molar-refractivity contribution is -0.121. The summed E-state index contributed by atoms with van der Waals surface area (Å²) in [7, 11) is 0. The molecule has 1 aromatic carbocycles. The predicted molar refractivity (Wildman–Crippen MR) is 127 cm³/mol. The van der Waals surface area contributed by atoms with E-state index in [0.29, 0.717) is 36.1 Å². The summed E-state index contributed by atoms with van der Waals surface area (Å²) in [6, 6.07) is 7.63. The van der Waals surface area contributed by atoms with Gasteiger partial charge in [-0.25, -0.2) is 23.1 Å². The summed E-state index contributed by atoms with van der Waals surface area (Å²) in [6.07, 6.45) is 1.23. The number of pyridine rings is 1. The van der Waals surface area contributed by atoms with Crippen LogP contribution >= 0.6 is 0 Å². The monoisotopic (exact) mass is 513 g/mol. The zero-order valence-electron chi connectivity index (χ0n) is 20.1. The first-order valence-electron chi connectivity index (χ1n) is 12.0. The molecule has 5 rings (SSSR count). The standard InChI is InChI=1S/C26H26F3N5O3/c1-15-32-19(13-20(35)34-26(7-8-26)17-5-9-30-10-6-17)21(25-36-11-12-37-25)24(33-15)31-14-16-3-2-4-18(22(16)27)23(28)29/h2-6,9-10,23,25H,7-8,11-14H2,1H3,(H,34,35)(H,31,32,33). The average molecular weight is 514 g/mol. The van der Waals surface area contributed by atoms with Gasteiger partial charge in [0, 0.05) is 24.5 Å². The molecule has 1 aliphatic heterocycles. The summed E-state index contributed by atoms with van der Waals surface area (Å²) < 4.78 is 52.3. The van der Waals surface area contributed by atoms with Crippen molar-refractivity contribution in [2.24, 2.45) is 0 Å². The van der Waals surface area contributed by atoms with Crippen molar-refractivity contribution >= 4 is 11.7 Å². The average Bonchev–Trinajstić information content (AvgIpc) is 3.45. The Morgan fingerprint density at radius 3 is 2.54 bits per heavy atom. The Morgan fingerprint density at radius 2 is 1.86 bits per heavy atom. The van der Waals surface area contributed by atoms with Crippen LogP contribution in [0.5, 0.6) is 0 Å². The van der Waals surface area contributed by atoms with E-state index in [1.54, 1.807) is 19.3 Å². The maximum atomic E-state index is 14.6. The number of aromatic nitrogens is 3. The third kappa shape index (κ3) is 5.42. The number of amides is 1. The molecule has 2 fully saturated rings. The molecule has 3 heterocycles. The van der Waals surface area contributed by atoms with E-state index >= 15 is 0 Å². The molecule has 8 nitrogen and oxygen atoms in total. The fourth-order valence-corrected chi connectivity index (χ4v) is 4.51. The summed E-state index contributed by atoms with van der Waals surface area (Å²) >= 11 is 0. The number of hydrogen-bond donors (Lipinski definition) is 2. The number of carbonyl (C=O) groups is 1. The molecular weight excluding hydrogens is 487 g/mol. The molecule has 3 aromatic rings. The van der Waals surface area contributed by atoms with Crippen molar-refractivity contribution in [2.45, 2.75) is 51.0 Å². The van der Waals surface area contributed by atoms with E-state index in [0.717, 1.165) is 24.5 Å². The molecule has 194 valence electrons. The molecule has 0 spiro atoms. The van der Waals surface area contributed by atoms with E-state index in [2.05, 4.69) is 25.6 Å². The number of ether oxygens (including phenoxy) is 2. The summed E-state index contributed by atoms with van der Waals surface area (Å²) in [5.74, 6) is -0.534. The van der Waals surface area contributed by atoms with Gasteiger partial charge in [0.2, 0.25) is 5.91 Å². The number of alkyl halides is 2. The first kappa shape index (κ1) is 25.1. The lowest BCUT2D eigenvalue weighted by atomic mass is 10.1. The van der Waals surface area contributed by atoms with Crippen LogP contribution in [0.25, 0.3) is 0 Å². The maximum Gasteiger partial charge on any atom is 0.266 e. The predicted octanol–water partition coefficient (Wildman–Crippen LogP) is 4.26. The number of hydrogen-bond acceptors (Lipinski definition) is 7. The number of rotatable bonds is 9. The van der Waals surface area contributed by atoms with Gasteiger partial charge in [0.1, 0.15) is 17.5 Å². The molecule has 0 atom stereocenters. The zero-order valence-corrected chi connectivity index (χ0v) is 20.1. The SMILES string of the molecule is Cc1nc(CC(=O)NC2(c3ccncc3)CC2)c(C2OCCO2)c(NCc2cccc(C(F)F)c2F)n1. The largest absolute Gasteiger partial charge is 0.365 e. The van der Waals surface area contributed by atoms with Gasteiger partial charge in [-0.2, -0.15) is 0 Å². The first-order valence-corrected chi connectivity index (χ1v) is 12.0. The molecule has 1 saturated heterocycles. The smallest absolute Gasteiger partial charge is 0.266 e. The Bertz CT molecular complexity index is 1280. The van der Waals surface area contributed by atoms with Gasteiger partial charge < -0.3 is 20.1 Å². The van der Waals surface area contributed by atoms with Crippen LogP contribution < -0.4 is 10.6 Å². The molecular formula is C26H26F3N5O3. The van der Waals surface area contributed by atoms with Crippen LogP contribution in [-0.2, 0) is 32.8 Å². The van der Waals surface area contributed by atoms with E-state index in [1.165, 1.54) is 12.1 Å². The summed E-state index contributed by atoms with van der Waals surface area (Å²) in [4.78, 5) is 26.1. The second kappa shape index (κ2) is 10.4. The minimum atomic E-state index is -2.93. The molecule has 0 radical (unpaired) electrons. The van der Waals surface area contributed by atoms with Gasteiger partial charge in [-0.3, -0.25) is 9.78 Å². The fraction of sp³-hybridized carbons (Fsp3) is 0.385. The summed E-state index contributed by atoms with van der Waals surface area (Å²) in [6.45, 7) is 2.25. The molecule has 0 unspecified atom stereocenters. The van der Waals surface area contributed by atoms with Gasteiger partial charge in [-0.15, -0.1) is 0 Å². The molecule has 2 N–H and O–H groups in total. The van der Waals surface area contributed by atoms with Gasteiger partial charge in [-0.1, -0.05) is 18.2 Å². The van der Waals surface area contributed by atoms with Crippen molar-refractivity contribution in [3.8, 4) is 0 Å². The van der Waals surface area contributed by atoms with Crippen LogP contribution in [0.1, 0.15) is 59.3 Å². The normalized spacial score (nSPS) is 16.7. The highest BCUT2D eigenvalue weighted by Crippen LogP contribution is 2.45. The van der Waals surface area contributed by atoms with Crippen molar-refractivity contribution in [3.63, 3.8) is 0 Å². The topological polar surface area (TPSA) is 98.3 Å². The van der Waals surface area contributed by atoms with Crippen molar-refractivity contribution in [1.82, 2.24) is 20.3 Å². The number of carbonyl (C=O) groups excluding carboxylic acids is 1. The third-order valence-electron chi connectivity index (χ3n) is 6.47. The van der Waals surface area contributed by atoms with Crippen molar-refractivity contribution in [1.29, 1.82) is 0 Å². The Kier molecular flexibility index (Phi) is 7.07. The minimum Gasteiger partial charge on any atom is -0.365 e. The first-order chi connectivity index (χ1) is 17.9. The number of aryl methyl sites for hydroxylation is 1. The Balaban J connectivity index is 1.40. The number of nitrogens with zero attached hydrogens (tertiary/aromatic N) is 3. The van der Waals surface area contributed by atoms with Crippen LogP contribution in [-0.4, -0.2) is 34.1 Å². The quantitative estimate of drug-likeness (QED) is 0.441. The number of halogens is 3. The van der Waals surface area contributed by atoms with Gasteiger partial charge in [0.15, 0.2) is 6.29 Å². The van der Waals surface area contributed by atoms with E-state index in [-0.39, 0.29) is 24.4 Å². The fourth-order valence-electron chi connectivity index (χ4n) is 4.51. The molecule has 1 saturated carbocycles. The molecule has 37 heavy (non-hydrogen) atoms. The van der Waals surface area contributed by atoms with Crippen molar-refractivity contribution in [3.05, 3.63) is 82.3 Å². The van der Waals surface area contributed by atoms with E-state index in [9.17, 15) is 18.0 Å². The summed E-state index contributed by atoms with van der Waals surface area (Å²) in [5.41, 5.74) is 0.802. The Hall–Kier alpha value is -3.57. The molecule has 1 aliphatic carbocycles.